The average molecular weight is 267 g/mol. The van der Waals surface area contributed by atoms with Gasteiger partial charge in [0.15, 0.2) is 18.1 Å². The summed E-state index contributed by atoms with van der Waals surface area (Å²) >= 11 is 0. The molecule has 0 spiro atoms. The molecule has 1 fully saturated rings. The van der Waals surface area contributed by atoms with E-state index in [0.717, 1.165) is 0 Å². The van der Waals surface area contributed by atoms with Crippen molar-refractivity contribution in [3.63, 3.8) is 0 Å². The second-order valence-electron chi connectivity index (χ2n) is 4.49. The Morgan fingerprint density at radius 2 is 2.32 bits per heavy atom. The molecular formula is C10H13N5O4. The molecule has 3 heterocycles. The zero-order valence-electron chi connectivity index (χ0n) is 9.88. The van der Waals surface area contributed by atoms with Gasteiger partial charge >= 0.3 is 0 Å². The second-order valence-corrected chi connectivity index (χ2v) is 4.49. The molecule has 9 nitrogen and oxygen atoms in total. The molecule has 0 radical (unpaired) electrons. The van der Waals surface area contributed by atoms with Gasteiger partial charge in [0, 0.05) is 6.42 Å². The molecule has 0 saturated carbocycles. The summed E-state index contributed by atoms with van der Waals surface area (Å²) in [6, 6.07) is -0.823. The first-order valence-corrected chi connectivity index (χ1v) is 5.82. The molecule has 1 saturated heterocycles. The Morgan fingerprint density at radius 1 is 1.53 bits per heavy atom. The van der Waals surface area contributed by atoms with E-state index < -0.39 is 30.4 Å². The fourth-order valence-corrected chi connectivity index (χ4v) is 2.31. The number of aliphatic hydroxyl groups is 2. The van der Waals surface area contributed by atoms with E-state index in [1.165, 1.54) is 11.2 Å². The van der Waals surface area contributed by atoms with Gasteiger partial charge in [0.2, 0.25) is 5.96 Å². The molecule has 3 aliphatic heterocycles. The summed E-state index contributed by atoms with van der Waals surface area (Å²) in [7, 11) is 0. The number of aliphatic imine (C=N–C) groups is 3. The van der Waals surface area contributed by atoms with E-state index in [1.54, 1.807) is 0 Å². The highest BCUT2D eigenvalue weighted by atomic mass is 16.5. The van der Waals surface area contributed by atoms with E-state index >= 15 is 0 Å². The van der Waals surface area contributed by atoms with E-state index in [1.807, 2.05) is 0 Å². The van der Waals surface area contributed by atoms with Gasteiger partial charge in [-0.25, -0.2) is 0 Å². The van der Waals surface area contributed by atoms with Crippen molar-refractivity contribution in [3.8, 4) is 0 Å². The molecular weight excluding hydrogens is 254 g/mol. The van der Waals surface area contributed by atoms with Crippen molar-refractivity contribution in [1.29, 1.82) is 0 Å². The molecule has 0 aromatic rings. The van der Waals surface area contributed by atoms with Crippen molar-refractivity contribution < 1.29 is 19.7 Å². The van der Waals surface area contributed by atoms with Crippen LogP contribution in [0.15, 0.2) is 15.0 Å². The Balaban J connectivity index is 1.85. The molecule has 4 unspecified atom stereocenters. The summed E-state index contributed by atoms with van der Waals surface area (Å²) in [5, 5.41) is 19.0. The molecule has 0 aromatic carbocycles. The summed E-state index contributed by atoms with van der Waals surface area (Å²) in [5.74, 6) is -0.342. The topological polar surface area (TPSA) is 133 Å². The van der Waals surface area contributed by atoms with Gasteiger partial charge in [-0.3, -0.25) is 14.7 Å². The molecule has 102 valence electrons. The minimum absolute atomic E-state index is 0.141. The number of carbonyl (C=O) groups excluding carboxylic acids is 1. The van der Waals surface area contributed by atoms with Crippen LogP contribution < -0.4 is 5.73 Å². The number of hydrogen-bond donors (Lipinski definition) is 3. The largest absolute Gasteiger partial charge is 0.394 e. The van der Waals surface area contributed by atoms with Crippen molar-refractivity contribution in [1.82, 2.24) is 4.90 Å². The van der Waals surface area contributed by atoms with Crippen LogP contribution in [0.25, 0.3) is 0 Å². The number of amides is 1. The number of hydrogen-bond acceptors (Lipinski definition) is 8. The van der Waals surface area contributed by atoms with Crippen LogP contribution in [0.2, 0.25) is 0 Å². The zero-order chi connectivity index (χ0) is 13.6. The number of ether oxygens (including phenoxy) is 1. The SMILES string of the molecule is NC1=NC(=O)C2N=CN(C3OC(CO)CC3O)C2=N1. The van der Waals surface area contributed by atoms with Crippen molar-refractivity contribution in [2.45, 2.75) is 30.9 Å². The average Bonchev–Trinajstić information content (AvgIpc) is 2.92. The summed E-state index contributed by atoms with van der Waals surface area (Å²) < 4.78 is 5.49. The zero-order valence-corrected chi connectivity index (χ0v) is 9.88. The van der Waals surface area contributed by atoms with Crippen LogP contribution in [0.3, 0.4) is 0 Å². The molecule has 4 N–H and O–H groups in total. The first-order valence-electron chi connectivity index (χ1n) is 5.82. The fourth-order valence-electron chi connectivity index (χ4n) is 2.31. The molecule has 0 aliphatic carbocycles. The van der Waals surface area contributed by atoms with Gasteiger partial charge in [-0.05, 0) is 0 Å². The molecule has 9 heteroatoms. The Bertz CT molecular complexity index is 502. The maximum Gasteiger partial charge on any atom is 0.281 e. The predicted molar refractivity (Wildman–Crippen MR) is 64.6 cm³/mol. The van der Waals surface area contributed by atoms with Gasteiger partial charge in [0.05, 0.1) is 19.0 Å². The Labute approximate surface area is 108 Å². The number of nitrogens with zero attached hydrogens (tertiary/aromatic N) is 4. The number of rotatable bonds is 2. The molecule has 4 atom stereocenters. The first kappa shape index (κ1) is 12.2. The van der Waals surface area contributed by atoms with Crippen LogP contribution in [-0.2, 0) is 9.53 Å². The Kier molecular flexibility index (Phi) is 2.81. The monoisotopic (exact) mass is 267 g/mol. The lowest BCUT2D eigenvalue weighted by Crippen LogP contribution is -2.48. The smallest absolute Gasteiger partial charge is 0.281 e. The lowest BCUT2D eigenvalue weighted by Gasteiger charge is -2.27. The van der Waals surface area contributed by atoms with Gasteiger partial charge < -0.3 is 20.7 Å². The molecule has 1 amide bonds. The lowest BCUT2D eigenvalue weighted by molar-refractivity contribution is -0.117. The predicted octanol–water partition coefficient (Wildman–Crippen LogP) is -2.58. The molecule has 0 bridgehead atoms. The number of fused-ring (bicyclic) bond motifs is 1. The standard InChI is InChI=1S/C10H13N5O4/c11-10-13-7-6(8(18)14-10)12-3-15(7)9-5(17)1-4(2-16)19-9/h3-6,9,16-17H,1-2H2,(H2,11,14,18). The van der Waals surface area contributed by atoms with Gasteiger partial charge in [-0.2, -0.15) is 9.98 Å². The lowest BCUT2D eigenvalue weighted by atomic mass is 10.2. The van der Waals surface area contributed by atoms with Crippen molar-refractivity contribution >= 4 is 24.0 Å². The minimum Gasteiger partial charge on any atom is -0.394 e. The summed E-state index contributed by atoms with van der Waals surface area (Å²) in [4.78, 5) is 24.6. The number of nitrogens with two attached hydrogens (primary N) is 1. The molecule has 3 aliphatic rings. The van der Waals surface area contributed by atoms with Crippen LogP contribution in [-0.4, -0.2) is 70.2 Å². The van der Waals surface area contributed by atoms with E-state index in [2.05, 4.69) is 15.0 Å². The number of amidine groups is 1. The maximum atomic E-state index is 11.6. The van der Waals surface area contributed by atoms with Crippen molar-refractivity contribution in [2.24, 2.45) is 20.7 Å². The van der Waals surface area contributed by atoms with Crippen molar-refractivity contribution in [2.75, 3.05) is 6.61 Å². The summed E-state index contributed by atoms with van der Waals surface area (Å²) in [5.41, 5.74) is 5.45. The second kappa shape index (κ2) is 4.37. The Hall–Kier alpha value is -1.84. The third kappa shape index (κ3) is 1.91. The van der Waals surface area contributed by atoms with Gasteiger partial charge in [-0.15, -0.1) is 0 Å². The number of guanidine groups is 1. The minimum atomic E-state index is -0.823. The highest BCUT2D eigenvalue weighted by molar-refractivity contribution is 6.21. The van der Waals surface area contributed by atoms with E-state index in [-0.39, 0.29) is 12.6 Å². The van der Waals surface area contributed by atoms with E-state index in [4.69, 9.17) is 15.6 Å². The first-order chi connectivity index (χ1) is 9.10. The van der Waals surface area contributed by atoms with Crippen LogP contribution in [0, 0.1) is 0 Å². The normalized spacial score (nSPS) is 37.4. The molecule has 19 heavy (non-hydrogen) atoms. The van der Waals surface area contributed by atoms with Crippen LogP contribution in [0.4, 0.5) is 0 Å². The van der Waals surface area contributed by atoms with Crippen LogP contribution in [0.1, 0.15) is 6.42 Å². The van der Waals surface area contributed by atoms with Gasteiger partial charge in [0.25, 0.3) is 5.91 Å². The highest BCUT2D eigenvalue weighted by Crippen LogP contribution is 2.26. The molecule has 0 aromatic heterocycles. The highest BCUT2D eigenvalue weighted by Gasteiger charge is 2.44. The van der Waals surface area contributed by atoms with Crippen LogP contribution in [0.5, 0.6) is 0 Å². The summed E-state index contributed by atoms with van der Waals surface area (Å²) in [6.07, 6.45) is -0.300. The van der Waals surface area contributed by atoms with Gasteiger partial charge in [0.1, 0.15) is 6.10 Å². The fraction of sp³-hybridized carbons (Fsp3) is 0.600. The van der Waals surface area contributed by atoms with Crippen LogP contribution >= 0.6 is 0 Å². The quantitative estimate of drug-likeness (QED) is 0.503. The maximum absolute atomic E-state index is 11.6. The number of carbonyl (C=O) groups is 1. The van der Waals surface area contributed by atoms with E-state index in [9.17, 15) is 9.90 Å². The molecule has 3 rings (SSSR count). The number of aliphatic hydroxyl groups excluding tert-OH is 2. The van der Waals surface area contributed by atoms with Crippen molar-refractivity contribution in [3.05, 3.63) is 0 Å². The third-order valence-electron chi connectivity index (χ3n) is 3.18. The Morgan fingerprint density at radius 3 is 3.00 bits per heavy atom. The third-order valence-corrected chi connectivity index (χ3v) is 3.18. The van der Waals surface area contributed by atoms with E-state index in [0.29, 0.717) is 12.3 Å². The van der Waals surface area contributed by atoms with Gasteiger partial charge in [-0.1, -0.05) is 0 Å². The summed E-state index contributed by atoms with van der Waals surface area (Å²) in [6.45, 7) is -0.184.